The third-order valence-electron chi connectivity index (χ3n) is 5.09. The largest absolute Gasteiger partial charge is 0.491 e. The summed E-state index contributed by atoms with van der Waals surface area (Å²) in [5.41, 5.74) is 3.59. The predicted molar refractivity (Wildman–Crippen MR) is 118 cm³/mol. The lowest BCUT2D eigenvalue weighted by atomic mass is 10.0. The summed E-state index contributed by atoms with van der Waals surface area (Å²) in [6, 6.07) is 25.6. The molecular weight excluding hydrogens is 376 g/mol. The molecular formula is C25H26N2O3. The third kappa shape index (κ3) is 4.47. The van der Waals surface area contributed by atoms with Crippen molar-refractivity contribution < 1.29 is 14.3 Å². The van der Waals surface area contributed by atoms with Crippen LogP contribution in [-0.2, 0) is 11.3 Å². The van der Waals surface area contributed by atoms with Gasteiger partial charge in [-0.25, -0.2) is 0 Å². The van der Waals surface area contributed by atoms with Gasteiger partial charge in [-0.05, 0) is 42.3 Å². The van der Waals surface area contributed by atoms with Crippen molar-refractivity contribution in [3.05, 3.63) is 95.6 Å². The fourth-order valence-electron chi connectivity index (χ4n) is 3.64. The van der Waals surface area contributed by atoms with Crippen LogP contribution in [0.2, 0.25) is 0 Å². The molecule has 4 rings (SSSR count). The first-order valence-corrected chi connectivity index (χ1v) is 10.3. The topological polar surface area (TPSA) is 50.8 Å². The van der Waals surface area contributed by atoms with E-state index in [0.717, 1.165) is 22.6 Å². The van der Waals surface area contributed by atoms with Crippen LogP contribution in [0.15, 0.2) is 78.9 Å². The Morgan fingerprint density at radius 1 is 0.933 bits per heavy atom. The van der Waals surface area contributed by atoms with Crippen molar-refractivity contribution in [1.29, 1.82) is 0 Å². The van der Waals surface area contributed by atoms with Crippen molar-refractivity contribution in [2.75, 3.05) is 25.1 Å². The van der Waals surface area contributed by atoms with Crippen molar-refractivity contribution in [2.45, 2.75) is 19.6 Å². The maximum atomic E-state index is 13.4. The molecule has 0 aromatic heterocycles. The van der Waals surface area contributed by atoms with Crippen molar-refractivity contribution in [1.82, 2.24) is 4.90 Å². The van der Waals surface area contributed by atoms with E-state index in [0.29, 0.717) is 31.9 Å². The van der Waals surface area contributed by atoms with E-state index in [1.54, 1.807) is 0 Å². The Kier molecular flexibility index (Phi) is 6.30. The number of carbonyl (C=O) groups is 1. The molecule has 1 aliphatic heterocycles. The molecule has 154 valence electrons. The number of nitrogens with zero attached hydrogens (tertiary/aromatic N) is 1. The van der Waals surface area contributed by atoms with E-state index < -0.39 is 0 Å². The average molecular weight is 402 g/mol. The van der Waals surface area contributed by atoms with Gasteiger partial charge in [0.15, 0.2) is 0 Å². The van der Waals surface area contributed by atoms with Gasteiger partial charge in [-0.1, -0.05) is 54.6 Å². The quantitative estimate of drug-likeness (QED) is 0.546. The van der Waals surface area contributed by atoms with Crippen LogP contribution in [0.3, 0.4) is 0 Å². The van der Waals surface area contributed by atoms with Crippen molar-refractivity contribution in [3.63, 3.8) is 0 Å². The van der Waals surface area contributed by atoms with Crippen LogP contribution in [0.25, 0.3) is 0 Å². The minimum atomic E-state index is -0.289. The van der Waals surface area contributed by atoms with Crippen LogP contribution in [-0.4, -0.2) is 30.6 Å². The summed E-state index contributed by atoms with van der Waals surface area (Å²) in [6.07, 6.45) is -0.289. The fourth-order valence-corrected chi connectivity index (χ4v) is 3.64. The van der Waals surface area contributed by atoms with Crippen LogP contribution < -0.4 is 10.1 Å². The number of nitrogens with one attached hydrogen (secondary N) is 1. The Morgan fingerprint density at radius 2 is 1.73 bits per heavy atom. The summed E-state index contributed by atoms with van der Waals surface area (Å²) in [7, 11) is 0. The molecule has 0 saturated heterocycles. The molecule has 1 N–H and O–H groups in total. The second kappa shape index (κ2) is 9.46. The molecule has 3 aromatic rings. The first kappa shape index (κ1) is 20.0. The third-order valence-corrected chi connectivity index (χ3v) is 5.09. The lowest BCUT2D eigenvalue weighted by Crippen LogP contribution is -2.42. The molecule has 0 fully saturated rings. The van der Waals surface area contributed by atoms with Gasteiger partial charge >= 0.3 is 0 Å². The number of rotatable bonds is 8. The zero-order valence-corrected chi connectivity index (χ0v) is 17.1. The standard InChI is InChI=1S/C25H26N2O3/c1-2-29-15-16-30-21-12-8-11-20(17-21)24-26-23-14-7-6-13-22(23)25(28)27(24)18-19-9-4-3-5-10-19/h3-14,17,24,26H,2,15-16,18H2,1H3. The maximum Gasteiger partial charge on any atom is 0.258 e. The van der Waals surface area contributed by atoms with Gasteiger partial charge in [-0.15, -0.1) is 0 Å². The minimum absolute atomic E-state index is 0.0147. The molecule has 1 unspecified atom stereocenters. The zero-order chi connectivity index (χ0) is 20.8. The lowest BCUT2D eigenvalue weighted by Gasteiger charge is -2.38. The van der Waals surface area contributed by atoms with Crippen LogP contribution in [0.5, 0.6) is 5.75 Å². The monoisotopic (exact) mass is 402 g/mol. The second-order valence-corrected chi connectivity index (χ2v) is 7.13. The van der Waals surface area contributed by atoms with E-state index in [2.05, 4.69) is 5.32 Å². The van der Waals surface area contributed by atoms with E-state index in [9.17, 15) is 4.79 Å². The predicted octanol–water partition coefficient (Wildman–Crippen LogP) is 4.87. The number of carbonyl (C=O) groups excluding carboxylic acids is 1. The van der Waals surface area contributed by atoms with E-state index in [1.807, 2.05) is 90.7 Å². The Balaban J connectivity index is 1.63. The van der Waals surface area contributed by atoms with E-state index in [1.165, 1.54) is 0 Å². The first-order chi connectivity index (χ1) is 14.8. The number of ether oxygens (including phenoxy) is 2. The molecule has 0 spiro atoms. The molecule has 1 atom stereocenters. The normalized spacial score (nSPS) is 15.4. The molecule has 1 heterocycles. The average Bonchev–Trinajstić information content (AvgIpc) is 2.79. The van der Waals surface area contributed by atoms with Crippen LogP contribution >= 0.6 is 0 Å². The summed E-state index contributed by atoms with van der Waals surface area (Å²) in [5.74, 6) is 0.779. The second-order valence-electron chi connectivity index (χ2n) is 7.13. The maximum absolute atomic E-state index is 13.4. The number of benzene rings is 3. The molecule has 0 aliphatic carbocycles. The first-order valence-electron chi connectivity index (χ1n) is 10.3. The molecule has 30 heavy (non-hydrogen) atoms. The number of para-hydroxylation sites is 1. The molecule has 1 aliphatic rings. The van der Waals surface area contributed by atoms with E-state index in [4.69, 9.17) is 9.47 Å². The van der Waals surface area contributed by atoms with Crippen LogP contribution in [0.1, 0.15) is 34.6 Å². The molecule has 0 radical (unpaired) electrons. The fraction of sp³-hybridized carbons (Fsp3) is 0.240. The highest BCUT2D eigenvalue weighted by Crippen LogP contribution is 2.35. The molecule has 3 aromatic carbocycles. The number of anilines is 1. The molecule has 0 saturated carbocycles. The van der Waals surface area contributed by atoms with Gasteiger partial charge in [-0.2, -0.15) is 0 Å². The smallest absolute Gasteiger partial charge is 0.258 e. The van der Waals surface area contributed by atoms with Gasteiger partial charge in [0.1, 0.15) is 18.5 Å². The van der Waals surface area contributed by atoms with Gasteiger partial charge in [0, 0.05) is 18.8 Å². The van der Waals surface area contributed by atoms with Crippen LogP contribution in [0, 0.1) is 0 Å². The summed E-state index contributed by atoms with van der Waals surface area (Å²) in [4.78, 5) is 15.2. The Bertz CT molecular complexity index is 990. The molecule has 0 bridgehead atoms. The van der Waals surface area contributed by atoms with Gasteiger partial charge in [-0.3, -0.25) is 4.79 Å². The SMILES string of the molecule is CCOCCOc1cccc(C2Nc3ccccc3C(=O)N2Cc2ccccc2)c1. The lowest BCUT2D eigenvalue weighted by molar-refractivity contribution is 0.0666. The highest BCUT2D eigenvalue weighted by atomic mass is 16.5. The summed E-state index contributed by atoms with van der Waals surface area (Å²) >= 11 is 0. The van der Waals surface area contributed by atoms with E-state index >= 15 is 0 Å². The summed E-state index contributed by atoms with van der Waals surface area (Å²) in [5, 5.41) is 3.54. The Labute approximate surface area is 177 Å². The van der Waals surface area contributed by atoms with Crippen molar-refractivity contribution in [3.8, 4) is 5.75 Å². The van der Waals surface area contributed by atoms with Gasteiger partial charge in [0.05, 0.1) is 12.2 Å². The van der Waals surface area contributed by atoms with Crippen molar-refractivity contribution >= 4 is 11.6 Å². The van der Waals surface area contributed by atoms with E-state index in [-0.39, 0.29) is 12.1 Å². The Morgan fingerprint density at radius 3 is 2.57 bits per heavy atom. The number of amides is 1. The molecule has 1 amide bonds. The molecule has 5 heteroatoms. The summed E-state index contributed by atoms with van der Waals surface area (Å²) in [6.45, 7) is 4.19. The molecule has 5 nitrogen and oxygen atoms in total. The highest BCUT2D eigenvalue weighted by molar-refractivity contribution is 6.01. The number of hydrogen-bond donors (Lipinski definition) is 1. The van der Waals surface area contributed by atoms with Gasteiger partial charge in [0.25, 0.3) is 5.91 Å². The summed E-state index contributed by atoms with van der Waals surface area (Å²) < 4.78 is 11.2. The van der Waals surface area contributed by atoms with Crippen LogP contribution in [0.4, 0.5) is 5.69 Å². The van der Waals surface area contributed by atoms with Gasteiger partial charge in [0.2, 0.25) is 0 Å². The van der Waals surface area contributed by atoms with Crippen molar-refractivity contribution in [2.24, 2.45) is 0 Å². The number of hydrogen-bond acceptors (Lipinski definition) is 4. The Hall–Kier alpha value is -3.31. The number of fused-ring (bicyclic) bond motifs is 1. The minimum Gasteiger partial charge on any atom is -0.491 e. The zero-order valence-electron chi connectivity index (χ0n) is 17.1. The van der Waals surface area contributed by atoms with Gasteiger partial charge < -0.3 is 19.7 Å². The highest BCUT2D eigenvalue weighted by Gasteiger charge is 2.32.